The Morgan fingerprint density at radius 3 is 1.46 bits per heavy atom. The van der Waals surface area contributed by atoms with Crippen molar-refractivity contribution in [2.45, 2.75) is 6.42 Å². The number of carboxylic acid groups (broad SMARTS) is 1. The van der Waals surface area contributed by atoms with E-state index >= 15 is 0 Å². The van der Waals surface area contributed by atoms with E-state index < -0.39 is 15.8 Å². The van der Waals surface area contributed by atoms with E-state index in [2.05, 4.69) is 5.32 Å². The Hall–Kier alpha value is -2.99. The van der Waals surface area contributed by atoms with Crippen molar-refractivity contribution >= 4 is 23.0 Å². The van der Waals surface area contributed by atoms with Gasteiger partial charge in [-0.25, -0.2) is 0 Å². The number of aliphatic carboxylic acids is 1. The molecule has 16 heteroatoms. The first-order valence-electron chi connectivity index (χ1n) is 12.3. The number of nitrogens with one attached hydrogen (secondary N) is 1. The highest BCUT2D eigenvalue weighted by molar-refractivity contribution is 5.66. The molecule has 0 fully saturated rings. The fourth-order valence-electron chi connectivity index (χ4n) is 2.77. The average Bonchev–Trinajstić information content (AvgIpc) is 2.90. The van der Waals surface area contributed by atoms with E-state index in [4.69, 9.17) is 38.3 Å². The molecule has 0 aliphatic rings. The molecule has 2 N–H and O–H groups in total. The summed E-state index contributed by atoms with van der Waals surface area (Å²) in [5, 5.41) is 33.2. The van der Waals surface area contributed by atoms with Crippen LogP contribution in [-0.4, -0.2) is 120 Å². The van der Waals surface area contributed by atoms with Crippen LogP contribution in [0.1, 0.15) is 6.42 Å². The Bertz CT molecular complexity index is 828. The van der Waals surface area contributed by atoms with Crippen molar-refractivity contribution in [2.75, 3.05) is 104 Å². The summed E-state index contributed by atoms with van der Waals surface area (Å²) < 4.78 is 37.3. The van der Waals surface area contributed by atoms with Crippen LogP contribution in [0.15, 0.2) is 18.2 Å². The smallest absolute Gasteiger partial charge is 0.305 e. The molecule has 0 atom stereocenters. The molecule has 1 aromatic rings. The molecular weight excluding hydrogens is 526 g/mol. The molecule has 0 radical (unpaired) electrons. The number of nitro benzene ring substituents is 2. The van der Waals surface area contributed by atoms with Gasteiger partial charge < -0.3 is 43.6 Å². The van der Waals surface area contributed by atoms with Gasteiger partial charge in [0.1, 0.15) is 5.69 Å². The molecule has 0 aromatic heterocycles. The van der Waals surface area contributed by atoms with Gasteiger partial charge in [-0.15, -0.1) is 0 Å². The topological polar surface area (TPSA) is 200 Å². The quantitative estimate of drug-likeness (QED) is 0.0886. The SMILES string of the molecule is O=C(O)CCOCCOCCOCCOCCOCCOCCOCCNc1ccc([N+](=O)[O-])cc1[N+](=O)[O-]. The lowest BCUT2D eigenvalue weighted by Gasteiger charge is -2.09. The third kappa shape index (κ3) is 18.8. The van der Waals surface area contributed by atoms with Crippen LogP contribution in [0.4, 0.5) is 17.1 Å². The Labute approximate surface area is 225 Å². The second kappa shape index (κ2) is 22.9. The molecule has 0 spiro atoms. The summed E-state index contributed by atoms with van der Waals surface area (Å²) in [6.07, 6.45) is -0.0208. The Balaban J connectivity index is 1.82. The molecule has 222 valence electrons. The normalized spacial score (nSPS) is 11.0. The minimum Gasteiger partial charge on any atom is -0.481 e. The minimum absolute atomic E-state index is 0.0208. The minimum atomic E-state index is -0.892. The van der Waals surface area contributed by atoms with E-state index in [9.17, 15) is 25.0 Å². The van der Waals surface area contributed by atoms with E-state index in [-0.39, 0.29) is 43.2 Å². The van der Waals surface area contributed by atoms with Crippen molar-refractivity contribution in [3.05, 3.63) is 38.4 Å². The number of hydrogen-bond acceptors (Lipinski definition) is 13. The zero-order valence-corrected chi connectivity index (χ0v) is 21.8. The van der Waals surface area contributed by atoms with Crippen LogP contribution in [0.3, 0.4) is 0 Å². The van der Waals surface area contributed by atoms with Gasteiger partial charge in [0.15, 0.2) is 0 Å². The fraction of sp³-hybridized carbons (Fsp3) is 0.696. The van der Waals surface area contributed by atoms with E-state index in [1.807, 2.05) is 0 Å². The van der Waals surface area contributed by atoms with Gasteiger partial charge in [-0.2, -0.15) is 0 Å². The predicted octanol–water partition coefficient (Wildman–Crippen LogP) is 1.51. The number of ether oxygens (including phenoxy) is 7. The van der Waals surface area contributed by atoms with E-state index in [1.165, 1.54) is 12.1 Å². The van der Waals surface area contributed by atoms with Gasteiger partial charge in [-0.3, -0.25) is 25.0 Å². The third-order valence-corrected chi connectivity index (χ3v) is 4.64. The number of hydrogen-bond donors (Lipinski definition) is 2. The number of carbonyl (C=O) groups is 1. The van der Waals surface area contributed by atoms with Crippen LogP contribution in [0.5, 0.6) is 0 Å². The molecule has 16 nitrogen and oxygen atoms in total. The number of benzene rings is 1. The number of nitrogens with zero attached hydrogens (tertiary/aromatic N) is 2. The van der Waals surface area contributed by atoms with Gasteiger partial charge in [0.2, 0.25) is 0 Å². The summed E-state index contributed by atoms with van der Waals surface area (Å²) in [5.74, 6) is -0.892. The lowest BCUT2D eigenvalue weighted by atomic mass is 10.2. The van der Waals surface area contributed by atoms with Crippen LogP contribution in [-0.2, 0) is 38.0 Å². The first-order chi connectivity index (χ1) is 18.9. The Morgan fingerprint density at radius 1 is 0.667 bits per heavy atom. The molecule has 0 unspecified atom stereocenters. The van der Waals surface area contributed by atoms with Crippen molar-refractivity contribution in [2.24, 2.45) is 0 Å². The highest BCUT2D eigenvalue weighted by Gasteiger charge is 2.18. The van der Waals surface area contributed by atoms with Gasteiger partial charge in [-0.05, 0) is 6.07 Å². The highest BCUT2D eigenvalue weighted by Crippen LogP contribution is 2.28. The maximum atomic E-state index is 11.1. The number of rotatable bonds is 27. The molecule has 0 amide bonds. The van der Waals surface area contributed by atoms with Crippen molar-refractivity contribution in [3.8, 4) is 0 Å². The standard InChI is InChI=1S/C23H37N3O13/c27-23(28)3-5-33-7-9-35-11-13-37-15-17-39-18-16-38-14-12-36-10-8-34-6-4-24-21-2-1-20(25(29)30)19-22(21)26(31)32/h1-2,19,24H,3-18H2,(H,27,28). The molecule has 1 rings (SSSR count). The lowest BCUT2D eigenvalue weighted by molar-refractivity contribution is -0.393. The molecule has 39 heavy (non-hydrogen) atoms. The van der Waals surface area contributed by atoms with Crippen molar-refractivity contribution in [3.63, 3.8) is 0 Å². The monoisotopic (exact) mass is 563 g/mol. The van der Waals surface area contributed by atoms with Crippen molar-refractivity contribution < 1.29 is 52.9 Å². The first-order valence-corrected chi connectivity index (χ1v) is 12.3. The molecule has 0 bridgehead atoms. The van der Waals surface area contributed by atoms with Gasteiger partial charge in [-0.1, -0.05) is 0 Å². The summed E-state index contributed by atoms with van der Waals surface area (Å²) in [5.41, 5.74) is -0.541. The Kier molecular flexibility index (Phi) is 20.0. The summed E-state index contributed by atoms with van der Waals surface area (Å²) in [4.78, 5) is 30.8. The largest absolute Gasteiger partial charge is 0.481 e. The van der Waals surface area contributed by atoms with Crippen LogP contribution in [0.25, 0.3) is 0 Å². The summed E-state index contributed by atoms with van der Waals surface area (Å²) in [7, 11) is 0. The van der Waals surface area contributed by atoms with Gasteiger partial charge in [0, 0.05) is 12.6 Å². The van der Waals surface area contributed by atoms with E-state index in [1.54, 1.807) is 0 Å². The number of anilines is 1. The van der Waals surface area contributed by atoms with Crippen LogP contribution < -0.4 is 5.32 Å². The fourth-order valence-corrected chi connectivity index (χ4v) is 2.77. The maximum Gasteiger partial charge on any atom is 0.305 e. The number of carboxylic acids is 1. The zero-order chi connectivity index (χ0) is 28.6. The summed E-state index contributed by atoms with van der Waals surface area (Å²) in [6.45, 7) is 5.50. The molecule has 1 aromatic carbocycles. The highest BCUT2D eigenvalue weighted by atomic mass is 16.6. The van der Waals surface area contributed by atoms with Crippen LogP contribution in [0.2, 0.25) is 0 Å². The van der Waals surface area contributed by atoms with Crippen LogP contribution in [0, 0.1) is 20.2 Å². The zero-order valence-electron chi connectivity index (χ0n) is 21.8. The second-order valence-corrected chi connectivity index (χ2v) is 7.57. The molecule has 0 saturated heterocycles. The van der Waals surface area contributed by atoms with Crippen molar-refractivity contribution in [1.82, 2.24) is 0 Å². The third-order valence-electron chi connectivity index (χ3n) is 4.64. The second-order valence-electron chi connectivity index (χ2n) is 7.57. The average molecular weight is 564 g/mol. The van der Waals surface area contributed by atoms with E-state index in [0.717, 1.165) is 6.07 Å². The van der Waals surface area contributed by atoms with Gasteiger partial charge in [0.05, 0.1) is 115 Å². The molecule has 0 heterocycles. The van der Waals surface area contributed by atoms with Crippen molar-refractivity contribution in [1.29, 1.82) is 0 Å². The summed E-state index contributed by atoms with van der Waals surface area (Å²) >= 11 is 0. The van der Waals surface area contributed by atoms with E-state index in [0.29, 0.717) is 79.3 Å². The predicted molar refractivity (Wildman–Crippen MR) is 136 cm³/mol. The molecule has 0 aliphatic carbocycles. The van der Waals surface area contributed by atoms with Gasteiger partial charge in [0.25, 0.3) is 11.4 Å². The Morgan fingerprint density at radius 2 is 1.08 bits per heavy atom. The maximum absolute atomic E-state index is 11.1. The molecular formula is C23H37N3O13. The first kappa shape index (κ1) is 34.0. The van der Waals surface area contributed by atoms with Gasteiger partial charge >= 0.3 is 5.97 Å². The summed E-state index contributed by atoms with van der Waals surface area (Å²) in [6, 6.07) is 3.40. The number of nitro groups is 2. The molecule has 0 aliphatic heterocycles. The van der Waals surface area contributed by atoms with Crippen LogP contribution >= 0.6 is 0 Å². The lowest BCUT2D eigenvalue weighted by Crippen LogP contribution is -2.15. The molecule has 0 saturated carbocycles. The number of non-ortho nitro benzene ring substituents is 1.